The number of hydrogen-bond donors (Lipinski definition) is 1. The van der Waals surface area contributed by atoms with Crippen LogP contribution in [0.25, 0.3) is 21.9 Å². The molecule has 5 nitrogen and oxygen atoms in total. The monoisotopic (exact) mass is 380 g/mol. The minimum absolute atomic E-state index is 0.147. The van der Waals surface area contributed by atoms with Crippen molar-refractivity contribution >= 4 is 33.5 Å². The number of rotatable bonds is 2. The second kappa shape index (κ2) is 6.08. The molecule has 2 aliphatic carbocycles. The molecule has 0 radical (unpaired) electrons. The lowest BCUT2D eigenvalue weighted by molar-refractivity contribution is 0.102. The number of hydrogen-bond acceptors (Lipinski definition) is 4. The Morgan fingerprint density at radius 3 is 2.48 bits per heavy atom. The van der Waals surface area contributed by atoms with Crippen molar-refractivity contribution in [2.24, 2.45) is 0 Å². The van der Waals surface area contributed by atoms with Gasteiger partial charge in [0.25, 0.3) is 5.91 Å². The predicted molar refractivity (Wildman–Crippen MR) is 113 cm³/mol. The number of aromatic nitrogens is 3. The number of fused-ring (bicyclic) bond motifs is 7. The number of nitrogens with zero attached hydrogens (tertiary/aromatic N) is 3. The first kappa shape index (κ1) is 16.6. The third-order valence-electron chi connectivity index (χ3n) is 6.28. The third-order valence-corrected chi connectivity index (χ3v) is 6.28. The maximum atomic E-state index is 13.0. The summed E-state index contributed by atoms with van der Waals surface area (Å²) in [6, 6.07) is 15.4. The molecule has 2 unspecified atom stereocenters. The standard InChI is InChI=1S/C24H20N4O/c1-13-10-20(17-4-2-3-5-18(17)25-13)28-24(29)16-8-9-19-21(12-16)27-23-15-7-6-14(11-15)22(23)26-19/h2-5,8-10,12,14-15H,6-7,11H2,1H3,(H,25,28,29). The summed E-state index contributed by atoms with van der Waals surface area (Å²) in [7, 11) is 0. The van der Waals surface area contributed by atoms with Crippen LogP contribution in [0.2, 0.25) is 0 Å². The van der Waals surface area contributed by atoms with E-state index >= 15 is 0 Å². The van der Waals surface area contributed by atoms with Gasteiger partial charge in [0.1, 0.15) is 0 Å². The van der Waals surface area contributed by atoms with Gasteiger partial charge in [-0.1, -0.05) is 18.2 Å². The van der Waals surface area contributed by atoms with Gasteiger partial charge in [-0.15, -0.1) is 0 Å². The highest BCUT2D eigenvalue weighted by Crippen LogP contribution is 2.51. The average molecular weight is 380 g/mol. The summed E-state index contributed by atoms with van der Waals surface area (Å²) in [6.07, 6.45) is 3.64. The predicted octanol–water partition coefficient (Wildman–Crippen LogP) is 5.10. The number of carbonyl (C=O) groups is 1. The molecule has 2 heterocycles. The number of aryl methyl sites for hydroxylation is 1. The number of amides is 1. The van der Waals surface area contributed by atoms with E-state index in [0.29, 0.717) is 17.4 Å². The Morgan fingerprint density at radius 1 is 0.897 bits per heavy atom. The van der Waals surface area contributed by atoms with Gasteiger partial charge in [0.15, 0.2) is 0 Å². The highest BCUT2D eigenvalue weighted by molar-refractivity contribution is 6.09. The zero-order valence-corrected chi connectivity index (χ0v) is 16.1. The third kappa shape index (κ3) is 2.61. The number of nitrogens with one attached hydrogen (secondary N) is 1. The molecule has 2 aromatic carbocycles. The van der Waals surface area contributed by atoms with E-state index in [2.05, 4.69) is 10.3 Å². The Balaban J connectivity index is 1.37. The molecule has 0 aliphatic heterocycles. The van der Waals surface area contributed by atoms with Crippen LogP contribution in [0.3, 0.4) is 0 Å². The SMILES string of the molecule is Cc1cc(NC(=O)c2ccc3nc4c(nc3c2)C2CCC4C2)c2ccccc2n1. The second-order valence-corrected chi connectivity index (χ2v) is 8.19. The van der Waals surface area contributed by atoms with Gasteiger partial charge < -0.3 is 5.32 Å². The van der Waals surface area contributed by atoms with Gasteiger partial charge >= 0.3 is 0 Å². The quantitative estimate of drug-likeness (QED) is 0.525. The summed E-state index contributed by atoms with van der Waals surface area (Å²) in [4.78, 5) is 27.3. The fraction of sp³-hybridized carbons (Fsp3) is 0.250. The highest BCUT2D eigenvalue weighted by atomic mass is 16.1. The fourth-order valence-corrected chi connectivity index (χ4v) is 4.91. The lowest BCUT2D eigenvalue weighted by Gasteiger charge is -2.14. The van der Waals surface area contributed by atoms with Crippen molar-refractivity contribution in [3.05, 3.63) is 71.2 Å². The first-order chi connectivity index (χ1) is 14.2. The Hall–Kier alpha value is -3.34. The van der Waals surface area contributed by atoms with E-state index in [1.807, 2.05) is 55.5 Å². The zero-order valence-electron chi connectivity index (χ0n) is 16.1. The maximum Gasteiger partial charge on any atom is 0.255 e. The van der Waals surface area contributed by atoms with Crippen LogP contribution in [0.4, 0.5) is 5.69 Å². The van der Waals surface area contributed by atoms with Crippen LogP contribution in [-0.4, -0.2) is 20.9 Å². The van der Waals surface area contributed by atoms with E-state index in [1.54, 1.807) is 0 Å². The van der Waals surface area contributed by atoms with Crippen molar-refractivity contribution in [2.45, 2.75) is 38.0 Å². The molecule has 5 heteroatoms. The Bertz CT molecular complexity index is 1310. The number of pyridine rings is 1. The number of para-hydroxylation sites is 1. The lowest BCUT2D eigenvalue weighted by atomic mass is 10.00. The molecule has 2 aromatic heterocycles. The van der Waals surface area contributed by atoms with E-state index in [0.717, 1.165) is 39.0 Å². The second-order valence-electron chi connectivity index (χ2n) is 8.19. The van der Waals surface area contributed by atoms with E-state index < -0.39 is 0 Å². The van der Waals surface area contributed by atoms with E-state index in [1.165, 1.54) is 25.0 Å². The Kier molecular flexibility index (Phi) is 3.48. The van der Waals surface area contributed by atoms with Crippen molar-refractivity contribution < 1.29 is 4.79 Å². The molecule has 1 N–H and O–H groups in total. The molecule has 2 atom stereocenters. The largest absolute Gasteiger partial charge is 0.321 e. The summed E-state index contributed by atoms with van der Waals surface area (Å²) in [5, 5.41) is 3.99. The molecule has 6 rings (SSSR count). The highest BCUT2D eigenvalue weighted by Gasteiger charge is 2.39. The van der Waals surface area contributed by atoms with Crippen LogP contribution in [0, 0.1) is 6.92 Å². The summed E-state index contributed by atoms with van der Waals surface area (Å²) >= 11 is 0. The first-order valence-corrected chi connectivity index (χ1v) is 10.1. The molecule has 1 fully saturated rings. The van der Waals surface area contributed by atoms with Crippen LogP contribution < -0.4 is 5.32 Å². The van der Waals surface area contributed by atoms with Crippen LogP contribution in [0.5, 0.6) is 0 Å². The smallest absolute Gasteiger partial charge is 0.255 e. The van der Waals surface area contributed by atoms with Crippen LogP contribution in [-0.2, 0) is 0 Å². The Morgan fingerprint density at radius 2 is 1.66 bits per heavy atom. The van der Waals surface area contributed by atoms with Gasteiger partial charge in [-0.25, -0.2) is 9.97 Å². The van der Waals surface area contributed by atoms with E-state index in [4.69, 9.17) is 9.97 Å². The summed E-state index contributed by atoms with van der Waals surface area (Å²) < 4.78 is 0. The van der Waals surface area contributed by atoms with Gasteiger partial charge in [0, 0.05) is 28.5 Å². The molecular formula is C24H20N4O. The van der Waals surface area contributed by atoms with Gasteiger partial charge in [-0.05, 0) is 56.5 Å². The molecule has 29 heavy (non-hydrogen) atoms. The topological polar surface area (TPSA) is 67.8 Å². The molecule has 2 aliphatic rings. The maximum absolute atomic E-state index is 13.0. The Labute approximate surface area is 168 Å². The number of carbonyl (C=O) groups excluding carboxylic acids is 1. The summed E-state index contributed by atoms with van der Waals surface area (Å²) in [5.41, 5.74) is 7.13. The normalized spacial score (nSPS) is 19.6. The van der Waals surface area contributed by atoms with Crippen molar-refractivity contribution in [3.8, 4) is 0 Å². The van der Waals surface area contributed by atoms with Crippen molar-refractivity contribution in [3.63, 3.8) is 0 Å². The average Bonchev–Trinajstić information content (AvgIpc) is 3.34. The minimum Gasteiger partial charge on any atom is -0.321 e. The molecule has 0 saturated heterocycles. The molecule has 1 saturated carbocycles. The number of anilines is 1. The molecule has 1 amide bonds. The number of benzene rings is 2. The van der Waals surface area contributed by atoms with Gasteiger partial charge in [-0.2, -0.15) is 0 Å². The summed E-state index contributed by atoms with van der Waals surface area (Å²) in [6.45, 7) is 1.93. The van der Waals surface area contributed by atoms with E-state index in [9.17, 15) is 4.79 Å². The molecule has 142 valence electrons. The van der Waals surface area contributed by atoms with Gasteiger partial charge in [0.05, 0.1) is 33.6 Å². The molecular weight excluding hydrogens is 360 g/mol. The molecule has 2 bridgehead atoms. The van der Waals surface area contributed by atoms with Crippen molar-refractivity contribution in [2.75, 3.05) is 5.32 Å². The van der Waals surface area contributed by atoms with Gasteiger partial charge in [-0.3, -0.25) is 9.78 Å². The summed E-state index contributed by atoms with van der Waals surface area (Å²) in [5.74, 6) is 0.986. The fourth-order valence-electron chi connectivity index (χ4n) is 4.91. The minimum atomic E-state index is -0.147. The van der Waals surface area contributed by atoms with Crippen molar-refractivity contribution in [1.82, 2.24) is 15.0 Å². The van der Waals surface area contributed by atoms with Crippen LogP contribution >= 0.6 is 0 Å². The lowest BCUT2D eigenvalue weighted by Crippen LogP contribution is -2.13. The molecule has 4 aromatic rings. The van der Waals surface area contributed by atoms with E-state index in [-0.39, 0.29) is 5.91 Å². The van der Waals surface area contributed by atoms with Crippen molar-refractivity contribution in [1.29, 1.82) is 0 Å². The zero-order chi connectivity index (χ0) is 19.5. The molecule has 0 spiro atoms. The van der Waals surface area contributed by atoms with Crippen LogP contribution in [0.15, 0.2) is 48.5 Å². The first-order valence-electron chi connectivity index (χ1n) is 10.1. The van der Waals surface area contributed by atoms with Gasteiger partial charge in [0.2, 0.25) is 0 Å². The van der Waals surface area contributed by atoms with Crippen LogP contribution in [0.1, 0.15) is 58.5 Å².